The summed E-state index contributed by atoms with van der Waals surface area (Å²) in [5.41, 5.74) is 1.78. The van der Waals surface area contributed by atoms with Crippen molar-refractivity contribution in [3.63, 3.8) is 0 Å². The zero-order chi connectivity index (χ0) is 34.8. The van der Waals surface area contributed by atoms with Crippen molar-refractivity contribution in [2.75, 3.05) is 20.6 Å². The summed E-state index contributed by atoms with van der Waals surface area (Å²) in [5.74, 6) is -2.53. The third kappa shape index (κ3) is 8.68. The molecule has 1 amide bonds. The zero-order valence-corrected chi connectivity index (χ0v) is 27.7. The van der Waals surface area contributed by atoms with Crippen LogP contribution in [0.25, 0.3) is 11.1 Å². The van der Waals surface area contributed by atoms with Crippen molar-refractivity contribution < 1.29 is 32.3 Å². The Morgan fingerprint density at radius 3 is 2.34 bits per heavy atom. The van der Waals surface area contributed by atoms with Gasteiger partial charge in [0.15, 0.2) is 0 Å². The van der Waals surface area contributed by atoms with Crippen molar-refractivity contribution in [2.45, 2.75) is 84.0 Å². The number of benzene rings is 2. The van der Waals surface area contributed by atoms with E-state index in [9.17, 15) is 32.7 Å². The summed E-state index contributed by atoms with van der Waals surface area (Å²) in [6, 6.07) is 7.18. The molecule has 0 aliphatic heterocycles. The van der Waals surface area contributed by atoms with Gasteiger partial charge in [-0.25, -0.2) is 4.39 Å². The SMILES string of the molecule is Cc1cc(-c2c(C)cccc2C2CC2)cc([C@H](CC(=O)O)NC(=O)C(CC(C)C)n2cc(CCN(C)C)c(C(F)(F)F)cc2=O)c1F. The molecular weight excluding hydrogens is 614 g/mol. The number of hydrogen-bond donors (Lipinski definition) is 2. The Morgan fingerprint density at radius 2 is 1.77 bits per heavy atom. The Balaban J connectivity index is 1.80. The number of alkyl halides is 3. The zero-order valence-electron chi connectivity index (χ0n) is 27.7. The molecule has 7 nitrogen and oxygen atoms in total. The van der Waals surface area contributed by atoms with Gasteiger partial charge in [-0.15, -0.1) is 0 Å². The van der Waals surface area contributed by atoms with E-state index in [2.05, 4.69) is 5.32 Å². The number of carboxylic acids is 1. The number of hydrogen-bond acceptors (Lipinski definition) is 4. The number of carboxylic acid groups (broad SMARTS) is 1. The number of aryl methyl sites for hydroxylation is 2. The normalized spacial score (nSPS) is 14.8. The van der Waals surface area contributed by atoms with Crippen LogP contribution in [-0.2, 0) is 22.2 Å². The highest BCUT2D eigenvalue weighted by molar-refractivity contribution is 5.82. The Bertz CT molecular complexity index is 1690. The molecule has 0 spiro atoms. The van der Waals surface area contributed by atoms with Crippen molar-refractivity contribution >= 4 is 11.9 Å². The van der Waals surface area contributed by atoms with Crippen molar-refractivity contribution in [3.8, 4) is 11.1 Å². The van der Waals surface area contributed by atoms with Crippen molar-refractivity contribution in [1.82, 2.24) is 14.8 Å². The summed E-state index contributed by atoms with van der Waals surface area (Å²) >= 11 is 0. The summed E-state index contributed by atoms with van der Waals surface area (Å²) < 4.78 is 58.6. The number of carbonyl (C=O) groups is 2. The first-order chi connectivity index (χ1) is 22.0. The molecule has 1 saturated carbocycles. The van der Waals surface area contributed by atoms with E-state index in [0.29, 0.717) is 17.5 Å². The molecule has 2 N–H and O–H groups in total. The van der Waals surface area contributed by atoms with Crippen LogP contribution < -0.4 is 10.9 Å². The van der Waals surface area contributed by atoms with Crippen LogP contribution in [0.1, 0.15) is 90.9 Å². The largest absolute Gasteiger partial charge is 0.481 e. The molecule has 1 aliphatic rings. The lowest BCUT2D eigenvalue weighted by Gasteiger charge is -2.27. The topological polar surface area (TPSA) is 91.6 Å². The van der Waals surface area contributed by atoms with E-state index in [0.717, 1.165) is 40.3 Å². The van der Waals surface area contributed by atoms with E-state index < -0.39 is 53.5 Å². The highest BCUT2D eigenvalue weighted by Crippen LogP contribution is 2.46. The second-order valence-electron chi connectivity index (χ2n) is 13.3. The molecule has 4 rings (SSSR count). The molecule has 11 heteroatoms. The summed E-state index contributed by atoms with van der Waals surface area (Å²) in [7, 11) is 3.42. The van der Waals surface area contributed by atoms with Gasteiger partial charge in [0, 0.05) is 24.4 Å². The number of likely N-dealkylation sites (N-methyl/N-ethyl adjacent to an activating group) is 1. The van der Waals surface area contributed by atoms with Gasteiger partial charge in [-0.1, -0.05) is 32.0 Å². The van der Waals surface area contributed by atoms with Crippen LogP contribution in [0.3, 0.4) is 0 Å². The van der Waals surface area contributed by atoms with Crippen molar-refractivity contribution in [3.05, 3.63) is 92.1 Å². The van der Waals surface area contributed by atoms with E-state index in [1.807, 2.05) is 25.1 Å². The fraction of sp³-hybridized carbons (Fsp3) is 0.472. The third-order valence-electron chi connectivity index (χ3n) is 8.59. The van der Waals surface area contributed by atoms with Gasteiger partial charge >= 0.3 is 12.1 Å². The maximum Gasteiger partial charge on any atom is 0.416 e. The Morgan fingerprint density at radius 1 is 1.09 bits per heavy atom. The summed E-state index contributed by atoms with van der Waals surface area (Å²) in [5, 5.41) is 12.5. The molecule has 1 aliphatic carbocycles. The Kier molecular flexibility index (Phi) is 11.0. The smallest absolute Gasteiger partial charge is 0.416 e. The summed E-state index contributed by atoms with van der Waals surface area (Å²) in [4.78, 5) is 40.9. The molecule has 47 heavy (non-hydrogen) atoms. The molecule has 2 aromatic carbocycles. The molecular formula is C36H43F4N3O4. The van der Waals surface area contributed by atoms with E-state index >= 15 is 4.39 Å². The van der Waals surface area contributed by atoms with Crippen LogP contribution >= 0.6 is 0 Å². The maximum absolute atomic E-state index is 15.9. The van der Waals surface area contributed by atoms with E-state index in [4.69, 9.17) is 0 Å². The Hall–Kier alpha value is -3.99. The van der Waals surface area contributed by atoms with Crippen LogP contribution in [0.4, 0.5) is 17.6 Å². The van der Waals surface area contributed by atoms with Gasteiger partial charge < -0.3 is 19.9 Å². The fourth-order valence-electron chi connectivity index (χ4n) is 6.13. The molecule has 0 radical (unpaired) electrons. The van der Waals surface area contributed by atoms with Crippen molar-refractivity contribution in [2.24, 2.45) is 5.92 Å². The number of pyridine rings is 1. The number of carbonyl (C=O) groups excluding carboxylic acids is 1. The number of aliphatic carboxylic acids is 1. The van der Waals surface area contributed by atoms with Gasteiger partial charge in [0.1, 0.15) is 11.9 Å². The summed E-state index contributed by atoms with van der Waals surface area (Å²) in [6.07, 6.45) is -2.23. The minimum Gasteiger partial charge on any atom is -0.481 e. The maximum atomic E-state index is 15.9. The lowest BCUT2D eigenvalue weighted by atomic mass is 9.88. The first-order valence-electron chi connectivity index (χ1n) is 15.9. The molecule has 1 aromatic heterocycles. The molecule has 0 bridgehead atoms. The first kappa shape index (κ1) is 35.9. The van der Waals surface area contributed by atoms with Gasteiger partial charge in [-0.2, -0.15) is 13.2 Å². The van der Waals surface area contributed by atoms with Gasteiger partial charge in [0.2, 0.25) is 5.91 Å². The van der Waals surface area contributed by atoms with Gasteiger partial charge in [-0.05, 0) is 111 Å². The average molecular weight is 658 g/mol. The number of rotatable bonds is 13. The van der Waals surface area contributed by atoms with Crippen LogP contribution in [0.5, 0.6) is 0 Å². The summed E-state index contributed by atoms with van der Waals surface area (Å²) in [6.45, 7) is 7.39. The van der Waals surface area contributed by atoms with Gasteiger partial charge in [0.05, 0.1) is 18.0 Å². The van der Waals surface area contributed by atoms with Crippen LogP contribution in [0.2, 0.25) is 0 Å². The van der Waals surface area contributed by atoms with E-state index in [1.165, 1.54) is 0 Å². The highest BCUT2D eigenvalue weighted by atomic mass is 19.4. The van der Waals surface area contributed by atoms with Gasteiger partial charge in [-0.3, -0.25) is 14.4 Å². The van der Waals surface area contributed by atoms with Gasteiger partial charge in [0.25, 0.3) is 5.56 Å². The Labute approximate surface area is 272 Å². The fourth-order valence-corrected chi connectivity index (χ4v) is 6.13. The van der Waals surface area contributed by atoms with E-state index in [1.54, 1.807) is 51.9 Å². The number of nitrogens with one attached hydrogen (secondary N) is 1. The number of amides is 1. The first-order valence-corrected chi connectivity index (χ1v) is 15.9. The van der Waals surface area contributed by atoms with Crippen molar-refractivity contribution in [1.29, 1.82) is 0 Å². The number of nitrogens with zero attached hydrogens (tertiary/aromatic N) is 2. The predicted octanol–water partition coefficient (Wildman–Crippen LogP) is 7.19. The molecule has 3 aromatic rings. The monoisotopic (exact) mass is 657 g/mol. The van der Waals surface area contributed by atoms with Crippen LogP contribution in [0, 0.1) is 25.6 Å². The number of halogens is 4. The third-order valence-corrected chi connectivity index (χ3v) is 8.59. The molecule has 254 valence electrons. The lowest BCUT2D eigenvalue weighted by Crippen LogP contribution is -2.41. The minimum atomic E-state index is -4.78. The standard InChI is InChI=1S/C36H43F4N3O4/c1-20(2)14-30(43-19-24(12-13-42(5)6)28(17-31(43)44)36(38,39)40)35(47)41-29(18-32(45)46)27-16-25(15-22(4)34(27)37)33-21(3)8-7-9-26(33)23-10-11-23/h7-9,15-17,19-20,23,29-30H,10-14,18H2,1-6H3,(H,41,47)(H,45,46)/t29-,30?/m0/s1. The second-order valence-corrected chi connectivity index (χ2v) is 13.3. The molecule has 0 saturated heterocycles. The minimum absolute atomic E-state index is 0.0181. The number of aromatic nitrogens is 1. The highest BCUT2D eigenvalue weighted by Gasteiger charge is 2.36. The molecule has 2 atom stereocenters. The quantitative estimate of drug-likeness (QED) is 0.190. The van der Waals surface area contributed by atoms with Crippen LogP contribution in [-0.4, -0.2) is 47.1 Å². The molecule has 1 fully saturated rings. The molecule has 1 unspecified atom stereocenters. The van der Waals surface area contributed by atoms with Crippen LogP contribution in [0.15, 0.2) is 47.4 Å². The average Bonchev–Trinajstić information content (AvgIpc) is 3.81. The molecule has 1 heterocycles. The lowest BCUT2D eigenvalue weighted by molar-refractivity contribution is -0.139. The van der Waals surface area contributed by atoms with E-state index in [-0.39, 0.29) is 42.0 Å². The second kappa shape index (κ2) is 14.4. The predicted molar refractivity (Wildman–Crippen MR) is 173 cm³/mol.